The molecule has 4 N–H and O–H groups in total. The molecule has 0 aliphatic carbocycles. The number of methoxy groups -OCH3 is 2. The fourth-order valence-electron chi connectivity index (χ4n) is 3.94. The number of phenolic OH excluding ortho intramolecular Hbond substituents is 1. The number of carbonyl (C=O) groups is 1. The molecular formula is C22H31N5O4. The van der Waals surface area contributed by atoms with Crippen LogP contribution in [-0.4, -0.2) is 66.1 Å². The van der Waals surface area contributed by atoms with Crippen molar-refractivity contribution in [1.29, 1.82) is 0 Å². The highest BCUT2D eigenvalue weighted by atomic mass is 16.5. The van der Waals surface area contributed by atoms with Gasteiger partial charge < -0.3 is 30.5 Å². The maximum atomic E-state index is 11.4. The number of likely N-dealkylation sites (tertiary alicyclic amines) is 1. The first-order valence-corrected chi connectivity index (χ1v) is 10.5. The van der Waals surface area contributed by atoms with Gasteiger partial charge in [-0.05, 0) is 44.0 Å². The van der Waals surface area contributed by atoms with E-state index in [1.807, 2.05) is 6.92 Å². The van der Waals surface area contributed by atoms with Crippen molar-refractivity contribution in [2.75, 3.05) is 39.2 Å². The van der Waals surface area contributed by atoms with Crippen LogP contribution in [0.25, 0.3) is 11.3 Å². The summed E-state index contributed by atoms with van der Waals surface area (Å²) in [5.74, 6) is 1.11. The molecule has 1 aliphatic rings. The molecule has 0 bridgehead atoms. The molecule has 9 heteroatoms. The predicted molar refractivity (Wildman–Crippen MR) is 118 cm³/mol. The van der Waals surface area contributed by atoms with Crippen LogP contribution < -0.4 is 15.8 Å². The van der Waals surface area contributed by atoms with E-state index in [-0.39, 0.29) is 17.8 Å². The van der Waals surface area contributed by atoms with Crippen LogP contribution in [0.1, 0.15) is 30.4 Å². The maximum absolute atomic E-state index is 11.4. The van der Waals surface area contributed by atoms with Gasteiger partial charge in [-0.25, -0.2) is 0 Å². The summed E-state index contributed by atoms with van der Waals surface area (Å²) in [4.78, 5) is 13.7. The molecule has 1 saturated heterocycles. The Labute approximate surface area is 182 Å². The quantitative estimate of drug-likeness (QED) is 0.541. The van der Waals surface area contributed by atoms with Gasteiger partial charge in [0.05, 0.1) is 20.6 Å². The number of benzene rings is 1. The summed E-state index contributed by atoms with van der Waals surface area (Å²) in [6, 6.07) is 5.27. The summed E-state index contributed by atoms with van der Waals surface area (Å²) in [5.41, 5.74) is 8.97. The zero-order chi connectivity index (χ0) is 22.4. The van der Waals surface area contributed by atoms with Gasteiger partial charge in [-0.15, -0.1) is 10.2 Å². The van der Waals surface area contributed by atoms with Crippen molar-refractivity contribution in [3.05, 3.63) is 29.3 Å². The van der Waals surface area contributed by atoms with Crippen molar-refractivity contribution < 1.29 is 19.4 Å². The molecule has 2 heterocycles. The van der Waals surface area contributed by atoms with Crippen molar-refractivity contribution in [2.45, 2.75) is 38.8 Å². The van der Waals surface area contributed by atoms with Gasteiger partial charge in [-0.2, -0.15) is 0 Å². The topological polar surface area (TPSA) is 123 Å². The Morgan fingerprint density at radius 3 is 2.84 bits per heavy atom. The molecule has 0 radical (unpaired) electrons. The number of carbonyl (C=O) groups excluding carboxylic acids is 1. The molecule has 0 saturated carbocycles. The molecule has 168 valence electrons. The van der Waals surface area contributed by atoms with Crippen LogP contribution >= 0.6 is 0 Å². The number of hydrogen-bond donors (Lipinski definition) is 3. The van der Waals surface area contributed by atoms with Gasteiger partial charge in [0.25, 0.3) is 0 Å². The van der Waals surface area contributed by atoms with Gasteiger partial charge in [0.1, 0.15) is 17.2 Å². The second kappa shape index (κ2) is 10.4. The summed E-state index contributed by atoms with van der Waals surface area (Å²) in [5, 5.41) is 22.7. The van der Waals surface area contributed by atoms with Gasteiger partial charge in [0, 0.05) is 42.9 Å². The number of aromatic hydroxyl groups is 1. The Kier molecular flexibility index (Phi) is 7.64. The van der Waals surface area contributed by atoms with Crippen molar-refractivity contribution in [3.63, 3.8) is 0 Å². The van der Waals surface area contributed by atoms with Crippen LogP contribution in [0.3, 0.4) is 0 Å². The van der Waals surface area contributed by atoms with Crippen LogP contribution in [0.5, 0.6) is 11.5 Å². The standard InChI is InChI=1S/C22H31N5O4/c1-14-18(12-23)22(24-15-5-4-9-27(13-15)10-8-20(29)31-3)26-25-21(14)17-7-6-16(30-2)11-19(17)28/h6-7,11,15,28H,4-5,8-10,12-13,23H2,1-3H3,(H,24,26). The fourth-order valence-corrected chi connectivity index (χ4v) is 3.94. The molecule has 1 aliphatic heterocycles. The summed E-state index contributed by atoms with van der Waals surface area (Å²) < 4.78 is 9.89. The molecule has 31 heavy (non-hydrogen) atoms. The first kappa shape index (κ1) is 22.8. The van der Waals surface area contributed by atoms with Gasteiger partial charge in [0.15, 0.2) is 5.82 Å². The molecule has 0 spiro atoms. The summed E-state index contributed by atoms with van der Waals surface area (Å²) in [6.07, 6.45) is 2.41. The lowest BCUT2D eigenvalue weighted by molar-refractivity contribution is -0.141. The zero-order valence-electron chi connectivity index (χ0n) is 18.4. The third kappa shape index (κ3) is 5.42. The minimum Gasteiger partial charge on any atom is -0.507 e. The minimum atomic E-state index is -0.195. The lowest BCUT2D eigenvalue weighted by Crippen LogP contribution is -2.43. The summed E-state index contributed by atoms with van der Waals surface area (Å²) >= 11 is 0. The highest BCUT2D eigenvalue weighted by Gasteiger charge is 2.23. The smallest absolute Gasteiger partial charge is 0.306 e. The summed E-state index contributed by atoms with van der Waals surface area (Å²) in [7, 11) is 2.96. The van der Waals surface area contributed by atoms with E-state index in [1.54, 1.807) is 25.3 Å². The molecular weight excluding hydrogens is 398 g/mol. The predicted octanol–water partition coefficient (Wildman–Crippen LogP) is 2.06. The van der Waals surface area contributed by atoms with E-state index in [4.69, 9.17) is 15.2 Å². The number of anilines is 1. The highest BCUT2D eigenvalue weighted by molar-refractivity contribution is 5.73. The Bertz CT molecular complexity index is 921. The SMILES string of the molecule is COC(=O)CCN1CCCC(Nc2nnc(-c3ccc(OC)cc3O)c(C)c2CN)C1. The Hall–Kier alpha value is -2.91. The average molecular weight is 430 g/mol. The molecule has 0 amide bonds. The maximum Gasteiger partial charge on any atom is 0.306 e. The van der Waals surface area contributed by atoms with E-state index in [0.717, 1.165) is 37.1 Å². The number of nitrogens with zero attached hydrogens (tertiary/aromatic N) is 3. The molecule has 9 nitrogen and oxygen atoms in total. The second-order valence-corrected chi connectivity index (χ2v) is 7.70. The highest BCUT2D eigenvalue weighted by Crippen LogP contribution is 2.35. The first-order valence-electron chi connectivity index (χ1n) is 10.5. The number of hydrogen-bond acceptors (Lipinski definition) is 9. The second-order valence-electron chi connectivity index (χ2n) is 7.70. The lowest BCUT2D eigenvalue weighted by Gasteiger charge is -2.33. The summed E-state index contributed by atoms with van der Waals surface area (Å²) in [6.45, 7) is 4.67. The largest absolute Gasteiger partial charge is 0.507 e. The minimum absolute atomic E-state index is 0.0777. The Morgan fingerprint density at radius 1 is 1.35 bits per heavy atom. The number of phenols is 1. The van der Waals surface area contributed by atoms with Crippen LogP contribution in [0.4, 0.5) is 5.82 Å². The van der Waals surface area contributed by atoms with Crippen LogP contribution in [0.2, 0.25) is 0 Å². The third-order valence-corrected chi connectivity index (χ3v) is 5.71. The monoisotopic (exact) mass is 429 g/mol. The van der Waals surface area contributed by atoms with Gasteiger partial charge in [-0.1, -0.05) is 0 Å². The molecule has 1 atom stereocenters. The third-order valence-electron chi connectivity index (χ3n) is 5.71. The van der Waals surface area contributed by atoms with E-state index in [1.165, 1.54) is 7.11 Å². The van der Waals surface area contributed by atoms with Gasteiger partial charge >= 0.3 is 5.97 Å². The lowest BCUT2D eigenvalue weighted by atomic mass is 10.0. The number of nitrogens with two attached hydrogens (primary N) is 1. The number of esters is 1. The van der Waals surface area contributed by atoms with Crippen molar-refractivity contribution in [1.82, 2.24) is 15.1 Å². The number of rotatable bonds is 8. The van der Waals surface area contributed by atoms with Crippen LogP contribution in [-0.2, 0) is 16.1 Å². The van der Waals surface area contributed by atoms with E-state index >= 15 is 0 Å². The van der Waals surface area contributed by atoms with E-state index < -0.39 is 0 Å². The zero-order valence-corrected chi connectivity index (χ0v) is 18.4. The van der Waals surface area contributed by atoms with E-state index in [9.17, 15) is 9.90 Å². The van der Waals surface area contributed by atoms with Gasteiger partial charge in [0.2, 0.25) is 0 Å². The Morgan fingerprint density at radius 2 is 2.16 bits per heavy atom. The molecule has 2 aromatic rings. The van der Waals surface area contributed by atoms with E-state index in [0.29, 0.717) is 42.3 Å². The van der Waals surface area contributed by atoms with E-state index in [2.05, 4.69) is 20.4 Å². The molecule has 1 fully saturated rings. The normalized spacial score (nSPS) is 16.7. The fraction of sp³-hybridized carbons (Fsp3) is 0.500. The molecule has 1 aromatic heterocycles. The van der Waals surface area contributed by atoms with Crippen molar-refractivity contribution >= 4 is 11.8 Å². The Balaban J connectivity index is 1.77. The molecule has 1 aromatic carbocycles. The van der Waals surface area contributed by atoms with Crippen molar-refractivity contribution in [3.8, 4) is 22.8 Å². The van der Waals surface area contributed by atoms with Crippen LogP contribution in [0.15, 0.2) is 18.2 Å². The van der Waals surface area contributed by atoms with Gasteiger partial charge in [-0.3, -0.25) is 4.79 Å². The molecule has 3 rings (SSSR count). The molecule has 1 unspecified atom stereocenters. The number of nitrogens with one attached hydrogen (secondary N) is 1. The number of ether oxygens (including phenoxy) is 2. The van der Waals surface area contributed by atoms with Crippen molar-refractivity contribution in [2.24, 2.45) is 5.73 Å². The van der Waals surface area contributed by atoms with Crippen LogP contribution in [0, 0.1) is 6.92 Å². The average Bonchev–Trinajstić information content (AvgIpc) is 2.78. The number of piperidine rings is 1. The number of aromatic nitrogens is 2. The first-order chi connectivity index (χ1) is 15.0.